The Morgan fingerprint density at radius 3 is 2.47 bits per heavy atom. The summed E-state index contributed by atoms with van der Waals surface area (Å²) in [5.74, 6) is 0.0393. The molecule has 0 aromatic rings. The van der Waals surface area contributed by atoms with Crippen molar-refractivity contribution in [2.45, 2.75) is 27.2 Å². The third kappa shape index (κ3) is 9.03. The van der Waals surface area contributed by atoms with Crippen LogP contribution in [0.4, 0.5) is 0 Å². The Kier molecular flexibility index (Phi) is 8.29. The highest BCUT2D eigenvalue weighted by atomic mass is 31.2. The minimum Gasteiger partial charge on any atom is -0.756 e. The molecule has 0 saturated carbocycles. The van der Waals surface area contributed by atoms with Gasteiger partial charge in [-0.2, -0.15) is 0 Å². The molecule has 5 nitrogen and oxygen atoms in total. The summed E-state index contributed by atoms with van der Waals surface area (Å²) in [7, 11) is -4.10. The van der Waals surface area contributed by atoms with E-state index in [4.69, 9.17) is 4.74 Å². The van der Waals surface area contributed by atoms with E-state index < -0.39 is 7.82 Å². The fourth-order valence-electron chi connectivity index (χ4n) is 0.826. The van der Waals surface area contributed by atoms with Gasteiger partial charge in [0.15, 0.2) is 0 Å². The van der Waals surface area contributed by atoms with E-state index in [1.807, 2.05) is 20.8 Å². The zero-order valence-electron chi connectivity index (χ0n) is 9.60. The third-order valence-corrected chi connectivity index (χ3v) is 2.54. The van der Waals surface area contributed by atoms with Crippen molar-refractivity contribution >= 4 is 7.82 Å². The molecule has 2 unspecified atom stereocenters. The van der Waals surface area contributed by atoms with Crippen LogP contribution in [0.5, 0.6) is 0 Å². The van der Waals surface area contributed by atoms with Crippen LogP contribution in [-0.4, -0.2) is 26.4 Å². The largest absolute Gasteiger partial charge is 0.756 e. The number of hydrogen-bond acceptors (Lipinski definition) is 5. The van der Waals surface area contributed by atoms with E-state index in [0.29, 0.717) is 19.6 Å². The van der Waals surface area contributed by atoms with E-state index in [-0.39, 0.29) is 19.1 Å². The smallest absolute Gasteiger partial charge is 0.267 e. The van der Waals surface area contributed by atoms with Gasteiger partial charge < -0.3 is 18.7 Å². The fourth-order valence-corrected chi connectivity index (χ4v) is 1.74. The van der Waals surface area contributed by atoms with Gasteiger partial charge in [-0.25, -0.2) is 0 Å². The fraction of sp³-hybridized carbons (Fsp3) is 1.00. The van der Waals surface area contributed by atoms with Crippen LogP contribution in [0.3, 0.4) is 0 Å². The summed E-state index contributed by atoms with van der Waals surface area (Å²) < 4.78 is 25.5. The van der Waals surface area contributed by atoms with Gasteiger partial charge in [0, 0.05) is 12.5 Å². The van der Waals surface area contributed by atoms with Crippen molar-refractivity contribution in [1.82, 2.24) is 0 Å². The second-order valence-electron chi connectivity index (χ2n) is 3.34. The lowest BCUT2D eigenvalue weighted by Crippen LogP contribution is -2.16. The summed E-state index contributed by atoms with van der Waals surface area (Å²) in [4.78, 5) is 11.1. The standard InChI is InChI=1S/C9H21O5P/c1-4-6-13-15(10,11)14-8-9(3)7-12-5-2/h9H,4-8H2,1-3H3,(H,10,11)/p-1. The minimum atomic E-state index is -4.10. The van der Waals surface area contributed by atoms with Crippen LogP contribution in [0.25, 0.3) is 0 Å². The Balaban J connectivity index is 3.67. The molecule has 0 heterocycles. The van der Waals surface area contributed by atoms with E-state index in [2.05, 4.69) is 9.05 Å². The molecule has 0 spiro atoms. The molecule has 0 N–H and O–H groups in total. The zero-order valence-corrected chi connectivity index (χ0v) is 10.5. The molecule has 2 atom stereocenters. The van der Waals surface area contributed by atoms with Gasteiger partial charge in [0.2, 0.25) is 0 Å². The van der Waals surface area contributed by atoms with E-state index in [1.165, 1.54) is 0 Å². The van der Waals surface area contributed by atoms with E-state index in [9.17, 15) is 9.46 Å². The summed E-state index contributed by atoms with van der Waals surface area (Å²) in [6, 6.07) is 0. The van der Waals surface area contributed by atoms with Gasteiger partial charge >= 0.3 is 0 Å². The van der Waals surface area contributed by atoms with Crippen LogP contribution in [0.15, 0.2) is 0 Å². The Labute approximate surface area is 91.3 Å². The van der Waals surface area contributed by atoms with Gasteiger partial charge in [-0.15, -0.1) is 0 Å². The second kappa shape index (κ2) is 8.25. The van der Waals surface area contributed by atoms with E-state index >= 15 is 0 Å². The SMILES string of the molecule is CCCOP(=O)([O-])OCC(C)COCC. The van der Waals surface area contributed by atoms with Crippen molar-refractivity contribution in [3.8, 4) is 0 Å². The first-order chi connectivity index (χ1) is 7.02. The molecule has 0 aliphatic heterocycles. The maximum absolute atomic E-state index is 11.1. The normalized spacial score (nSPS) is 17.3. The topological polar surface area (TPSA) is 67.8 Å². The highest BCUT2D eigenvalue weighted by Gasteiger charge is 2.11. The Morgan fingerprint density at radius 1 is 1.27 bits per heavy atom. The molecule has 0 rings (SSSR count). The summed E-state index contributed by atoms with van der Waals surface area (Å²) in [6.07, 6.45) is 0.643. The Bertz CT molecular complexity index is 197. The molecule has 92 valence electrons. The molecule has 0 aromatic carbocycles. The van der Waals surface area contributed by atoms with Gasteiger partial charge in [-0.1, -0.05) is 13.8 Å². The number of ether oxygens (including phenoxy) is 1. The molecule has 6 heteroatoms. The molecular weight excluding hydrogens is 219 g/mol. The average Bonchev–Trinajstić information content (AvgIpc) is 2.21. The van der Waals surface area contributed by atoms with Crippen LogP contribution >= 0.6 is 7.82 Å². The Morgan fingerprint density at radius 2 is 1.93 bits per heavy atom. The highest BCUT2D eigenvalue weighted by molar-refractivity contribution is 7.45. The molecule has 0 amide bonds. The average molecular weight is 239 g/mol. The van der Waals surface area contributed by atoms with Crippen molar-refractivity contribution in [3.05, 3.63) is 0 Å². The van der Waals surface area contributed by atoms with Crippen LogP contribution < -0.4 is 4.89 Å². The first kappa shape index (κ1) is 15.1. The summed E-state index contributed by atoms with van der Waals surface area (Å²) >= 11 is 0. The molecule has 0 saturated heterocycles. The summed E-state index contributed by atoms with van der Waals surface area (Å²) in [5, 5.41) is 0. The van der Waals surface area contributed by atoms with Crippen LogP contribution in [0.1, 0.15) is 27.2 Å². The summed E-state index contributed by atoms with van der Waals surface area (Å²) in [5.41, 5.74) is 0. The third-order valence-electron chi connectivity index (χ3n) is 1.58. The minimum absolute atomic E-state index is 0.0393. The maximum Gasteiger partial charge on any atom is 0.267 e. The van der Waals surface area contributed by atoms with Gasteiger partial charge in [0.25, 0.3) is 7.82 Å². The van der Waals surface area contributed by atoms with E-state index in [0.717, 1.165) is 0 Å². The monoisotopic (exact) mass is 239 g/mol. The molecular formula is C9H20O5P-. The molecule has 0 aliphatic rings. The quantitative estimate of drug-likeness (QED) is 0.571. The molecule has 0 fully saturated rings. The zero-order chi connectivity index (χ0) is 11.7. The van der Waals surface area contributed by atoms with Crippen molar-refractivity contribution in [2.75, 3.05) is 26.4 Å². The number of phosphoric ester groups is 1. The van der Waals surface area contributed by atoms with Gasteiger partial charge in [-0.05, 0) is 13.3 Å². The molecule has 0 aromatic heterocycles. The first-order valence-electron chi connectivity index (χ1n) is 5.19. The first-order valence-corrected chi connectivity index (χ1v) is 6.65. The lowest BCUT2D eigenvalue weighted by atomic mass is 10.2. The van der Waals surface area contributed by atoms with Crippen molar-refractivity contribution in [3.63, 3.8) is 0 Å². The van der Waals surface area contributed by atoms with Crippen LogP contribution in [0, 0.1) is 5.92 Å². The number of hydrogen-bond donors (Lipinski definition) is 0. The van der Waals surface area contributed by atoms with E-state index in [1.54, 1.807) is 0 Å². The number of rotatable bonds is 9. The van der Waals surface area contributed by atoms with Gasteiger partial charge in [0.05, 0.1) is 19.8 Å². The molecule has 15 heavy (non-hydrogen) atoms. The Hall–Kier alpha value is 0.0700. The lowest BCUT2D eigenvalue weighted by molar-refractivity contribution is -0.226. The highest BCUT2D eigenvalue weighted by Crippen LogP contribution is 2.38. The van der Waals surface area contributed by atoms with Crippen LogP contribution in [-0.2, 0) is 18.3 Å². The maximum atomic E-state index is 11.1. The van der Waals surface area contributed by atoms with Gasteiger partial charge in [-0.3, -0.25) is 4.57 Å². The predicted octanol–water partition coefficient (Wildman–Crippen LogP) is 1.57. The molecule has 0 bridgehead atoms. The van der Waals surface area contributed by atoms with Crippen molar-refractivity contribution < 1.29 is 23.2 Å². The van der Waals surface area contributed by atoms with Gasteiger partial charge in [0.1, 0.15) is 0 Å². The second-order valence-corrected chi connectivity index (χ2v) is 4.75. The van der Waals surface area contributed by atoms with Crippen molar-refractivity contribution in [1.29, 1.82) is 0 Å². The molecule has 0 aliphatic carbocycles. The molecule has 0 radical (unpaired) electrons. The summed E-state index contributed by atoms with van der Waals surface area (Å²) in [6.45, 7) is 6.95. The van der Waals surface area contributed by atoms with Crippen molar-refractivity contribution in [2.24, 2.45) is 5.92 Å². The lowest BCUT2D eigenvalue weighted by Gasteiger charge is -2.24. The predicted molar refractivity (Wildman–Crippen MR) is 55.5 cm³/mol. The number of phosphoric acid groups is 1. The van der Waals surface area contributed by atoms with Crippen LogP contribution in [0.2, 0.25) is 0 Å².